The second-order valence-electron chi connectivity index (χ2n) is 4.05. The molecule has 0 atom stereocenters. The SMILES string of the molecule is CNC(=O)ON=C(CSC)C(C)(C)N(C)C. The highest BCUT2D eigenvalue weighted by atomic mass is 32.2. The predicted octanol–water partition coefficient (Wildman–Crippen LogP) is 1.40. The Morgan fingerprint density at radius 2 is 2.06 bits per heavy atom. The summed E-state index contributed by atoms with van der Waals surface area (Å²) in [5.74, 6) is 0.724. The van der Waals surface area contributed by atoms with Gasteiger partial charge in [-0.3, -0.25) is 9.74 Å². The largest absolute Gasteiger partial charge is 0.433 e. The van der Waals surface area contributed by atoms with Gasteiger partial charge in [-0.05, 0) is 34.2 Å². The van der Waals surface area contributed by atoms with Gasteiger partial charge >= 0.3 is 6.09 Å². The Balaban J connectivity index is 4.78. The molecule has 94 valence electrons. The van der Waals surface area contributed by atoms with E-state index in [1.54, 1.807) is 11.8 Å². The molecule has 0 aromatic heterocycles. The van der Waals surface area contributed by atoms with Crippen LogP contribution in [0, 0.1) is 0 Å². The van der Waals surface area contributed by atoms with E-state index in [0.717, 1.165) is 11.5 Å². The van der Waals surface area contributed by atoms with Crippen molar-refractivity contribution in [1.29, 1.82) is 0 Å². The molecule has 0 aliphatic carbocycles. The molecule has 0 rings (SSSR count). The second-order valence-corrected chi connectivity index (χ2v) is 4.92. The molecular formula is C10H21N3O2S. The van der Waals surface area contributed by atoms with Gasteiger partial charge in [0.05, 0.1) is 11.3 Å². The van der Waals surface area contributed by atoms with E-state index < -0.39 is 6.09 Å². The van der Waals surface area contributed by atoms with Crippen LogP contribution in [0.3, 0.4) is 0 Å². The van der Waals surface area contributed by atoms with Crippen LogP contribution in [0.4, 0.5) is 4.79 Å². The zero-order chi connectivity index (χ0) is 12.8. The summed E-state index contributed by atoms with van der Waals surface area (Å²) in [6, 6.07) is 0. The Labute approximate surface area is 102 Å². The third-order valence-electron chi connectivity index (χ3n) is 2.55. The first kappa shape index (κ1) is 15.2. The van der Waals surface area contributed by atoms with Gasteiger partial charge in [0.15, 0.2) is 0 Å². The topological polar surface area (TPSA) is 53.9 Å². The number of oxime groups is 1. The highest BCUT2D eigenvalue weighted by molar-refractivity contribution is 7.99. The number of carbonyl (C=O) groups is 1. The molecule has 0 saturated carbocycles. The monoisotopic (exact) mass is 247 g/mol. The van der Waals surface area contributed by atoms with Crippen molar-refractivity contribution in [3.63, 3.8) is 0 Å². The average Bonchev–Trinajstić information content (AvgIpc) is 2.23. The maximum Gasteiger partial charge on any atom is 0.433 e. The van der Waals surface area contributed by atoms with E-state index in [-0.39, 0.29) is 5.54 Å². The molecule has 0 radical (unpaired) electrons. The zero-order valence-electron chi connectivity index (χ0n) is 10.8. The van der Waals surface area contributed by atoms with Crippen molar-refractivity contribution in [3.8, 4) is 0 Å². The summed E-state index contributed by atoms with van der Waals surface area (Å²) in [7, 11) is 5.44. The van der Waals surface area contributed by atoms with E-state index in [1.807, 2.05) is 39.1 Å². The molecule has 1 amide bonds. The van der Waals surface area contributed by atoms with Gasteiger partial charge in [-0.2, -0.15) is 11.8 Å². The smallest absolute Gasteiger partial charge is 0.323 e. The number of amides is 1. The fraction of sp³-hybridized carbons (Fsp3) is 0.800. The van der Waals surface area contributed by atoms with E-state index >= 15 is 0 Å². The summed E-state index contributed by atoms with van der Waals surface area (Å²) < 4.78 is 0. The van der Waals surface area contributed by atoms with E-state index in [1.165, 1.54) is 7.05 Å². The molecule has 0 aliphatic heterocycles. The van der Waals surface area contributed by atoms with Gasteiger partial charge in [0.25, 0.3) is 0 Å². The number of nitrogens with one attached hydrogen (secondary N) is 1. The molecule has 0 fully saturated rings. The number of carbonyl (C=O) groups excluding carboxylic acids is 1. The third kappa shape index (κ3) is 4.40. The van der Waals surface area contributed by atoms with Crippen LogP contribution in [0.15, 0.2) is 5.16 Å². The van der Waals surface area contributed by atoms with Crippen LogP contribution in [-0.4, -0.2) is 55.4 Å². The van der Waals surface area contributed by atoms with Crippen molar-refractivity contribution in [3.05, 3.63) is 0 Å². The second kappa shape index (κ2) is 6.75. The number of hydrogen-bond acceptors (Lipinski definition) is 5. The van der Waals surface area contributed by atoms with Gasteiger partial charge in [-0.15, -0.1) is 0 Å². The lowest BCUT2D eigenvalue weighted by atomic mass is 9.98. The fourth-order valence-corrected chi connectivity index (χ4v) is 1.53. The van der Waals surface area contributed by atoms with E-state index in [9.17, 15) is 4.79 Å². The minimum absolute atomic E-state index is 0.239. The highest BCUT2D eigenvalue weighted by Crippen LogP contribution is 2.16. The molecule has 0 saturated heterocycles. The molecule has 1 N–H and O–H groups in total. The van der Waals surface area contributed by atoms with Crippen molar-refractivity contribution in [1.82, 2.24) is 10.2 Å². The molecule has 0 aromatic carbocycles. The lowest BCUT2D eigenvalue weighted by Crippen LogP contribution is -2.47. The Hall–Kier alpha value is -0.750. The van der Waals surface area contributed by atoms with Crippen LogP contribution >= 0.6 is 11.8 Å². The average molecular weight is 247 g/mol. The first-order valence-electron chi connectivity index (χ1n) is 4.98. The first-order valence-corrected chi connectivity index (χ1v) is 6.38. The Bertz CT molecular complexity index is 265. The molecule has 6 heteroatoms. The van der Waals surface area contributed by atoms with Gasteiger partial charge in [-0.1, -0.05) is 5.16 Å². The molecule has 5 nitrogen and oxygen atoms in total. The van der Waals surface area contributed by atoms with Gasteiger partial charge in [-0.25, -0.2) is 4.79 Å². The van der Waals surface area contributed by atoms with Gasteiger partial charge in [0, 0.05) is 12.8 Å². The molecular weight excluding hydrogens is 226 g/mol. The lowest BCUT2D eigenvalue weighted by molar-refractivity contribution is 0.150. The molecule has 16 heavy (non-hydrogen) atoms. The van der Waals surface area contributed by atoms with Gasteiger partial charge in [0.1, 0.15) is 0 Å². The van der Waals surface area contributed by atoms with Crippen LogP contribution in [0.1, 0.15) is 13.8 Å². The lowest BCUT2D eigenvalue weighted by Gasteiger charge is -2.33. The Kier molecular flexibility index (Phi) is 6.43. The molecule has 0 aliphatic rings. The van der Waals surface area contributed by atoms with E-state index in [0.29, 0.717) is 0 Å². The van der Waals surface area contributed by atoms with Gasteiger partial charge < -0.3 is 5.32 Å². The van der Waals surface area contributed by atoms with E-state index in [4.69, 9.17) is 4.84 Å². The number of thioether (sulfide) groups is 1. The molecule has 0 spiro atoms. The van der Waals surface area contributed by atoms with Gasteiger partial charge in [0.2, 0.25) is 0 Å². The Morgan fingerprint density at radius 1 is 1.50 bits per heavy atom. The summed E-state index contributed by atoms with van der Waals surface area (Å²) in [5, 5.41) is 6.27. The van der Waals surface area contributed by atoms with Crippen molar-refractivity contribution in [2.45, 2.75) is 19.4 Å². The van der Waals surface area contributed by atoms with Crippen molar-refractivity contribution in [2.24, 2.45) is 5.16 Å². The molecule has 0 bridgehead atoms. The van der Waals surface area contributed by atoms with Crippen molar-refractivity contribution in [2.75, 3.05) is 33.2 Å². The zero-order valence-corrected chi connectivity index (χ0v) is 11.6. The standard InChI is InChI=1S/C10H21N3O2S/c1-10(2,13(4)5)8(7-16-6)12-15-9(14)11-3/h7H2,1-6H3,(H,11,14). The van der Waals surface area contributed by atoms with Crippen LogP contribution < -0.4 is 5.32 Å². The Morgan fingerprint density at radius 3 is 2.44 bits per heavy atom. The summed E-state index contributed by atoms with van der Waals surface area (Å²) in [4.78, 5) is 17.7. The fourth-order valence-electron chi connectivity index (χ4n) is 0.852. The van der Waals surface area contributed by atoms with Crippen LogP contribution in [0.25, 0.3) is 0 Å². The van der Waals surface area contributed by atoms with Crippen LogP contribution in [-0.2, 0) is 4.84 Å². The first-order chi connectivity index (χ1) is 7.36. The van der Waals surface area contributed by atoms with Crippen LogP contribution in [0.2, 0.25) is 0 Å². The maximum atomic E-state index is 11.0. The minimum atomic E-state index is -0.548. The summed E-state index contributed by atoms with van der Waals surface area (Å²) in [5.41, 5.74) is 0.588. The normalized spacial score (nSPS) is 12.8. The number of hydrogen-bond donors (Lipinski definition) is 1. The predicted molar refractivity (Wildman–Crippen MR) is 69.1 cm³/mol. The van der Waals surface area contributed by atoms with Crippen LogP contribution in [0.5, 0.6) is 0 Å². The maximum absolute atomic E-state index is 11.0. The van der Waals surface area contributed by atoms with E-state index in [2.05, 4.69) is 10.5 Å². The summed E-state index contributed by atoms with van der Waals surface area (Å²) >= 11 is 1.64. The van der Waals surface area contributed by atoms with Crippen molar-refractivity contribution < 1.29 is 9.63 Å². The third-order valence-corrected chi connectivity index (χ3v) is 3.11. The summed E-state index contributed by atoms with van der Waals surface area (Å²) in [6.07, 6.45) is 1.44. The molecule has 0 heterocycles. The molecule has 0 aromatic rings. The number of nitrogens with zero attached hydrogens (tertiary/aromatic N) is 2. The number of rotatable bonds is 5. The summed E-state index contributed by atoms with van der Waals surface area (Å²) in [6.45, 7) is 4.07. The quantitative estimate of drug-likeness (QED) is 0.453. The molecule has 0 unspecified atom stereocenters. The highest BCUT2D eigenvalue weighted by Gasteiger charge is 2.28. The minimum Gasteiger partial charge on any atom is -0.323 e. The van der Waals surface area contributed by atoms with Crippen molar-refractivity contribution >= 4 is 23.6 Å².